The average molecular weight is 374 g/mol. The summed E-state index contributed by atoms with van der Waals surface area (Å²) < 4.78 is 14.9. The lowest BCUT2D eigenvalue weighted by Crippen LogP contribution is -2.55. The minimum atomic E-state index is -1.42. The second kappa shape index (κ2) is 8.16. The Morgan fingerprint density at radius 2 is 1.96 bits per heavy atom. The highest BCUT2D eigenvalue weighted by atomic mass is 32.2. The Bertz CT molecular complexity index is 532. The van der Waals surface area contributed by atoms with E-state index in [1.54, 1.807) is 0 Å². The summed E-state index contributed by atoms with van der Waals surface area (Å²) in [5.41, 5.74) is 1.10. The first kappa shape index (κ1) is 19.0. The van der Waals surface area contributed by atoms with Crippen LogP contribution >= 0.6 is 23.5 Å². The van der Waals surface area contributed by atoms with E-state index in [0.717, 1.165) is 23.5 Å². The van der Waals surface area contributed by atoms with Crippen molar-refractivity contribution in [3.8, 4) is 0 Å². The Morgan fingerprint density at radius 1 is 1.39 bits per heavy atom. The van der Waals surface area contributed by atoms with E-state index < -0.39 is 21.4 Å². The second-order valence-corrected chi connectivity index (χ2v) is 9.92. The maximum Gasteiger partial charge on any atom is 0.331 e. The summed E-state index contributed by atoms with van der Waals surface area (Å²) in [4.78, 5) is 12.6. The van der Waals surface area contributed by atoms with Crippen LogP contribution < -0.4 is 4.72 Å². The van der Waals surface area contributed by atoms with Gasteiger partial charge in [0.1, 0.15) is 0 Å². The zero-order valence-corrected chi connectivity index (χ0v) is 16.0. The largest absolute Gasteiger partial charge is 0.593 e. The van der Waals surface area contributed by atoms with Crippen LogP contribution in [0.3, 0.4) is 0 Å². The number of hydrogen-bond donors (Lipinski definition) is 2. The lowest BCUT2D eigenvalue weighted by atomic mass is 9.96. The van der Waals surface area contributed by atoms with E-state index in [4.69, 9.17) is 0 Å². The van der Waals surface area contributed by atoms with Gasteiger partial charge in [-0.3, -0.25) is 0 Å². The topological polar surface area (TPSA) is 72.4 Å². The van der Waals surface area contributed by atoms with Crippen molar-refractivity contribution in [2.24, 2.45) is 5.92 Å². The number of benzene rings is 1. The molecular weight excluding hydrogens is 350 g/mol. The molecule has 7 heteroatoms. The Balaban J connectivity index is 2.25. The third kappa shape index (κ3) is 4.20. The molecule has 0 aromatic heterocycles. The van der Waals surface area contributed by atoms with Gasteiger partial charge in [-0.25, -0.2) is 4.79 Å². The molecule has 0 aliphatic carbocycles. The van der Waals surface area contributed by atoms with Crippen molar-refractivity contribution in [2.45, 2.75) is 42.2 Å². The fourth-order valence-electron chi connectivity index (χ4n) is 2.51. The molecule has 0 saturated carbocycles. The van der Waals surface area contributed by atoms with Gasteiger partial charge in [0.05, 0.1) is 17.4 Å². The molecule has 2 unspecified atom stereocenters. The molecule has 128 valence electrons. The van der Waals surface area contributed by atoms with Crippen LogP contribution in [0.4, 0.5) is 0 Å². The van der Waals surface area contributed by atoms with Crippen LogP contribution in [0.15, 0.2) is 29.2 Å². The molecule has 3 atom stereocenters. The van der Waals surface area contributed by atoms with Crippen LogP contribution in [0, 0.1) is 12.8 Å². The number of carbonyl (C=O) groups is 1. The van der Waals surface area contributed by atoms with E-state index in [2.05, 4.69) is 4.72 Å². The first-order chi connectivity index (χ1) is 10.9. The van der Waals surface area contributed by atoms with Gasteiger partial charge in [-0.05, 0) is 25.0 Å². The third-order valence-electron chi connectivity index (χ3n) is 4.11. The summed E-state index contributed by atoms with van der Waals surface area (Å²) in [6.45, 7) is 6.04. The zero-order valence-electron chi connectivity index (χ0n) is 13.6. The molecule has 1 aliphatic heterocycles. The molecule has 1 fully saturated rings. The fourth-order valence-corrected chi connectivity index (χ4v) is 7.12. The molecule has 1 aromatic rings. The standard InChI is InChI=1S/C16H23NO3S3/c1-4-12(3)14(16(15(18)19)21-9-10-22-16)17-23(20)13-7-5-11(2)6-8-13/h5-8,12,14,17H,4,9-10H2,1-3H3,(H,18,19)/t12?,14-,23?/m0/s1. The Labute approximate surface area is 149 Å². The lowest BCUT2D eigenvalue weighted by molar-refractivity contribution is -0.138. The van der Waals surface area contributed by atoms with Gasteiger partial charge in [0.25, 0.3) is 0 Å². The Kier molecular flexibility index (Phi) is 6.74. The summed E-state index contributed by atoms with van der Waals surface area (Å²) in [6.07, 6.45) is 0.832. The van der Waals surface area contributed by atoms with Gasteiger partial charge in [0, 0.05) is 11.5 Å². The maximum absolute atomic E-state index is 12.7. The van der Waals surface area contributed by atoms with Gasteiger partial charge in [0.2, 0.25) is 0 Å². The molecule has 1 aromatic carbocycles. The fraction of sp³-hybridized carbons (Fsp3) is 0.562. The highest BCUT2D eigenvalue weighted by Gasteiger charge is 2.53. The van der Waals surface area contributed by atoms with Crippen molar-refractivity contribution in [1.29, 1.82) is 0 Å². The summed E-state index contributed by atoms with van der Waals surface area (Å²) in [5, 5.41) is 9.82. The van der Waals surface area contributed by atoms with Crippen molar-refractivity contribution in [1.82, 2.24) is 4.72 Å². The predicted octanol–water partition coefficient (Wildman–Crippen LogP) is 3.28. The number of thioether (sulfide) groups is 2. The highest BCUT2D eigenvalue weighted by Crippen LogP contribution is 2.49. The minimum absolute atomic E-state index is 0.110. The molecular formula is C16H23NO3S3. The molecule has 0 spiro atoms. The van der Waals surface area contributed by atoms with Crippen LogP contribution in [-0.2, 0) is 16.2 Å². The van der Waals surface area contributed by atoms with E-state index >= 15 is 0 Å². The predicted molar refractivity (Wildman–Crippen MR) is 99.2 cm³/mol. The van der Waals surface area contributed by atoms with E-state index in [1.165, 1.54) is 23.5 Å². The van der Waals surface area contributed by atoms with E-state index in [1.807, 2.05) is 45.0 Å². The molecule has 2 N–H and O–H groups in total. The summed E-state index contributed by atoms with van der Waals surface area (Å²) in [6, 6.07) is 7.13. The molecule has 4 nitrogen and oxygen atoms in total. The molecule has 0 bridgehead atoms. The van der Waals surface area contributed by atoms with Crippen molar-refractivity contribution in [3.05, 3.63) is 29.8 Å². The van der Waals surface area contributed by atoms with Crippen molar-refractivity contribution in [3.63, 3.8) is 0 Å². The van der Waals surface area contributed by atoms with E-state index in [-0.39, 0.29) is 12.0 Å². The zero-order chi connectivity index (χ0) is 17.0. The first-order valence-electron chi connectivity index (χ1n) is 7.66. The highest BCUT2D eigenvalue weighted by molar-refractivity contribution is 8.22. The average Bonchev–Trinajstić information content (AvgIpc) is 3.03. The molecule has 1 aliphatic rings. The normalized spacial score (nSPS) is 20.9. The van der Waals surface area contributed by atoms with Gasteiger partial charge in [-0.15, -0.1) is 28.2 Å². The number of nitrogens with one attached hydrogen (secondary N) is 1. The van der Waals surface area contributed by atoms with Crippen LogP contribution in [-0.4, -0.2) is 37.3 Å². The van der Waals surface area contributed by atoms with Crippen LogP contribution in [0.25, 0.3) is 0 Å². The molecule has 0 amide bonds. The van der Waals surface area contributed by atoms with Crippen LogP contribution in [0.2, 0.25) is 0 Å². The molecule has 0 radical (unpaired) electrons. The third-order valence-corrected chi connectivity index (χ3v) is 8.77. The van der Waals surface area contributed by atoms with Gasteiger partial charge in [-0.2, -0.15) is 0 Å². The van der Waals surface area contributed by atoms with Crippen molar-refractivity contribution in [2.75, 3.05) is 11.5 Å². The number of carboxylic acids is 1. The second-order valence-electron chi connectivity index (χ2n) is 5.73. The smallest absolute Gasteiger partial charge is 0.331 e. The number of rotatable bonds is 7. The van der Waals surface area contributed by atoms with Gasteiger partial charge < -0.3 is 9.66 Å². The molecule has 1 saturated heterocycles. The van der Waals surface area contributed by atoms with E-state index in [9.17, 15) is 14.5 Å². The minimum Gasteiger partial charge on any atom is -0.593 e. The maximum atomic E-state index is 12.7. The number of aliphatic carboxylic acids is 1. The van der Waals surface area contributed by atoms with Crippen molar-refractivity contribution >= 4 is 40.9 Å². The lowest BCUT2D eigenvalue weighted by Gasteiger charge is -2.35. The number of hydrogen-bond acceptors (Lipinski definition) is 5. The summed E-state index contributed by atoms with van der Waals surface area (Å²) in [5.74, 6) is 0.896. The van der Waals surface area contributed by atoms with Gasteiger partial charge in [-0.1, -0.05) is 38.0 Å². The van der Waals surface area contributed by atoms with Gasteiger partial charge >= 0.3 is 5.97 Å². The summed E-state index contributed by atoms with van der Waals surface area (Å²) in [7, 11) is 0. The SMILES string of the molecule is CCC(C)[C@H](N[S+]([O-])c1ccc(C)cc1)C1(C(=O)O)SCCS1. The molecule has 2 rings (SSSR count). The molecule has 1 heterocycles. The van der Waals surface area contributed by atoms with E-state index in [0.29, 0.717) is 4.90 Å². The van der Waals surface area contributed by atoms with Crippen molar-refractivity contribution < 1.29 is 14.5 Å². The van der Waals surface area contributed by atoms with Gasteiger partial charge in [0.15, 0.2) is 8.97 Å². The van der Waals surface area contributed by atoms with Crippen LogP contribution in [0.1, 0.15) is 25.8 Å². The quantitative estimate of drug-likeness (QED) is 0.715. The Morgan fingerprint density at radius 3 is 2.43 bits per heavy atom. The first-order valence-corrected chi connectivity index (χ1v) is 10.8. The summed E-state index contributed by atoms with van der Waals surface area (Å²) >= 11 is 1.49. The number of carboxylic acid groups (broad SMARTS) is 1. The molecule has 23 heavy (non-hydrogen) atoms. The Hall–Kier alpha value is -0.340. The monoisotopic (exact) mass is 373 g/mol. The van der Waals surface area contributed by atoms with Crippen LogP contribution in [0.5, 0.6) is 0 Å². The number of aryl methyl sites for hydroxylation is 1.